The number of rotatable bonds is 7. The summed E-state index contributed by atoms with van der Waals surface area (Å²) in [4.78, 5) is 31.1. The Bertz CT molecular complexity index is 883. The van der Waals surface area contributed by atoms with Crippen molar-refractivity contribution in [3.8, 4) is 5.75 Å². The van der Waals surface area contributed by atoms with Gasteiger partial charge in [0.05, 0.1) is 13.7 Å². The van der Waals surface area contributed by atoms with Crippen molar-refractivity contribution >= 4 is 17.5 Å². The van der Waals surface area contributed by atoms with Crippen LogP contribution in [-0.4, -0.2) is 44.4 Å². The van der Waals surface area contributed by atoms with Gasteiger partial charge < -0.3 is 14.2 Å². The van der Waals surface area contributed by atoms with Crippen molar-refractivity contribution in [2.24, 2.45) is 16.3 Å². The molecule has 1 aromatic carbocycles. The monoisotopic (exact) mass is 413 g/mol. The Balaban J connectivity index is 2.06. The highest BCUT2D eigenvalue weighted by Gasteiger charge is 2.46. The van der Waals surface area contributed by atoms with Gasteiger partial charge in [0.1, 0.15) is 18.3 Å². The van der Waals surface area contributed by atoms with Crippen molar-refractivity contribution in [3.63, 3.8) is 0 Å². The summed E-state index contributed by atoms with van der Waals surface area (Å²) < 4.78 is 16.4. The molecule has 0 saturated heterocycles. The molecule has 0 N–H and O–H groups in total. The van der Waals surface area contributed by atoms with E-state index >= 15 is 0 Å². The van der Waals surface area contributed by atoms with Gasteiger partial charge in [-0.1, -0.05) is 32.0 Å². The lowest BCUT2D eigenvalue weighted by Gasteiger charge is -2.39. The molecule has 0 amide bonds. The summed E-state index contributed by atoms with van der Waals surface area (Å²) in [6.45, 7) is 8.95. The zero-order valence-corrected chi connectivity index (χ0v) is 18.5. The first-order valence-corrected chi connectivity index (χ1v) is 10.5. The average molecular weight is 414 g/mol. The topological polar surface area (TPSA) is 74.2 Å². The highest BCUT2D eigenvalue weighted by atomic mass is 16.6. The number of Topliss-reactive ketones (excluding diaryl/α,β-unsaturated/α-hetero) is 1. The molecule has 0 saturated carbocycles. The number of ether oxygens (including phenoxy) is 3. The zero-order chi connectivity index (χ0) is 21.9. The molecule has 0 aromatic heterocycles. The molecule has 0 spiro atoms. The molecule has 6 nitrogen and oxygen atoms in total. The van der Waals surface area contributed by atoms with E-state index in [4.69, 9.17) is 19.2 Å². The van der Waals surface area contributed by atoms with Crippen LogP contribution in [-0.2, 0) is 19.1 Å². The summed E-state index contributed by atoms with van der Waals surface area (Å²) >= 11 is 0. The minimum absolute atomic E-state index is 0.0422. The van der Waals surface area contributed by atoms with Gasteiger partial charge in [-0.3, -0.25) is 14.6 Å². The SMILES string of the molecule is CCOCCOC(=O)C1C(C)=NC2=C(C(=O)CC(C)(C)C2)[C@H]1c1ccccc1OC. The maximum atomic E-state index is 13.3. The van der Waals surface area contributed by atoms with Crippen molar-refractivity contribution in [1.29, 1.82) is 0 Å². The normalized spacial score (nSPS) is 23.0. The largest absolute Gasteiger partial charge is 0.496 e. The summed E-state index contributed by atoms with van der Waals surface area (Å²) in [7, 11) is 1.60. The van der Waals surface area contributed by atoms with E-state index < -0.39 is 17.8 Å². The Morgan fingerprint density at radius 2 is 1.93 bits per heavy atom. The Kier molecular flexibility index (Phi) is 6.76. The van der Waals surface area contributed by atoms with E-state index in [2.05, 4.69) is 13.8 Å². The van der Waals surface area contributed by atoms with Crippen LogP contribution < -0.4 is 4.74 Å². The molecule has 1 aromatic rings. The summed E-state index contributed by atoms with van der Waals surface area (Å²) in [5.74, 6) is -0.853. The second kappa shape index (κ2) is 9.13. The van der Waals surface area contributed by atoms with Gasteiger partial charge in [0.25, 0.3) is 0 Å². The number of carbonyl (C=O) groups is 2. The lowest BCUT2D eigenvalue weighted by molar-refractivity contribution is -0.148. The van der Waals surface area contributed by atoms with Crippen LogP contribution in [0, 0.1) is 11.3 Å². The van der Waals surface area contributed by atoms with Gasteiger partial charge in [-0.25, -0.2) is 0 Å². The summed E-state index contributed by atoms with van der Waals surface area (Å²) in [5.41, 5.74) is 2.72. The number of esters is 1. The minimum Gasteiger partial charge on any atom is -0.496 e. The van der Waals surface area contributed by atoms with E-state index in [0.29, 0.717) is 43.1 Å². The highest BCUT2D eigenvalue weighted by Crippen LogP contribution is 2.49. The average Bonchev–Trinajstić information content (AvgIpc) is 2.69. The Hall–Kier alpha value is -2.47. The number of ketones is 1. The number of carbonyl (C=O) groups excluding carboxylic acids is 2. The quantitative estimate of drug-likeness (QED) is 0.497. The fraction of sp³-hybridized carbons (Fsp3) is 0.542. The van der Waals surface area contributed by atoms with E-state index in [9.17, 15) is 9.59 Å². The Morgan fingerprint density at radius 3 is 2.63 bits per heavy atom. The Morgan fingerprint density at radius 1 is 1.20 bits per heavy atom. The molecule has 0 fully saturated rings. The van der Waals surface area contributed by atoms with Crippen molar-refractivity contribution in [1.82, 2.24) is 0 Å². The molecule has 3 rings (SSSR count). The second-order valence-corrected chi connectivity index (χ2v) is 8.62. The number of benzene rings is 1. The third-order valence-corrected chi connectivity index (χ3v) is 5.71. The van der Waals surface area contributed by atoms with E-state index in [1.165, 1.54) is 0 Å². The summed E-state index contributed by atoms with van der Waals surface area (Å²) in [6.07, 6.45) is 1.13. The van der Waals surface area contributed by atoms with Crippen LogP contribution in [0.3, 0.4) is 0 Å². The molecule has 2 aliphatic rings. The first-order valence-electron chi connectivity index (χ1n) is 10.5. The number of para-hydroxylation sites is 1. The predicted octanol–water partition coefficient (Wildman–Crippen LogP) is 4.09. The van der Waals surface area contributed by atoms with Crippen molar-refractivity contribution in [2.75, 3.05) is 26.9 Å². The minimum atomic E-state index is -0.674. The molecule has 1 aliphatic heterocycles. The van der Waals surface area contributed by atoms with Gasteiger partial charge in [0, 0.05) is 41.5 Å². The van der Waals surface area contributed by atoms with Crippen LogP contribution in [0.4, 0.5) is 0 Å². The van der Waals surface area contributed by atoms with E-state index in [1.54, 1.807) is 7.11 Å². The van der Waals surface area contributed by atoms with Crippen molar-refractivity contribution in [2.45, 2.75) is 46.5 Å². The van der Waals surface area contributed by atoms with Crippen LogP contribution in [0.1, 0.15) is 52.0 Å². The molecule has 1 unspecified atom stereocenters. The van der Waals surface area contributed by atoms with E-state index in [0.717, 1.165) is 11.3 Å². The summed E-state index contributed by atoms with van der Waals surface area (Å²) in [6, 6.07) is 7.54. The number of nitrogens with zero attached hydrogens (tertiary/aromatic N) is 1. The van der Waals surface area contributed by atoms with E-state index in [-0.39, 0.29) is 17.8 Å². The molecule has 2 atom stereocenters. The zero-order valence-electron chi connectivity index (χ0n) is 18.5. The van der Waals surface area contributed by atoms with Gasteiger partial charge in [-0.05, 0) is 31.7 Å². The van der Waals surface area contributed by atoms with E-state index in [1.807, 2.05) is 38.1 Å². The number of methoxy groups -OCH3 is 1. The number of allylic oxidation sites excluding steroid dienone is 2. The van der Waals surface area contributed by atoms with Gasteiger partial charge in [0.2, 0.25) is 0 Å². The van der Waals surface area contributed by atoms with Gasteiger partial charge in [-0.15, -0.1) is 0 Å². The van der Waals surface area contributed by atoms with Crippen LogP contribution >= 0.6 is 0 Å². The lowest BCUT2D eigenvalue weighted by atomic mass is 9.66. The molecule has 6 heteroatoms. The van der Waals surface area contributed by atoms with Crippen LogP contribution in [0.2, 0.25) is 0 Å². The molecule has 0 bridgehead atoms. The molecular formula is C24H31NO5. The molecule has 1 heterocycles. The summed E-state index contributed by atoms with van der Waals surface area (Å²) in [5, 5.41) is 0. The van der Waals surface area contributed by atoms with Crippen molar-refractivity contribution in [3.05, 3.63) is 41.1 Å². The van der Waals surface area contributed by atoms with Gasteiger partial charge in [0.15, 0.2) is 5.78 Å². The fourth-order valence-corrected chi connectivity index (χ4v) is 4.45. The maximum Gasteiger partial charge on any atom is 0.315 e. The van der Waals surface area contributed by atoms with Crippen LogP contribution in [0.25, 0.3) is 0 Å². The van der Waals surface area contributed by atoms with Crippen LogP contribution in [0.15, 0.2) is 40.5 Å². The first-order chi connectivity index (χ1) is 14.3. The van der Waals surface area contributed by atoms with Crippen LogP contribution in [0.5, 0.6) is 5.75 Å². The number of aliphatic imine (C=N–C) groups is 1. The molecule has 1 aliphatic carbocycles. The third-order valence-electron chi connectivity index (χ3n) is 5.71. The van der Waals surface area contributed by atoms with Gasteiger partial charge in [-0.2, -0.15) is 0 Å². The molecular weight excluding hydrogens is 382 g/mol. The Labute approximate surface area is 178 Å². The molecule has 162 valence electrons. The predicted molar refractivity (Wildman–Crippen MR) is 115 cm³/mol. The number of hydrogen-bond donors (Lipinski definition) is 0. The third kappa shape index (κ3) is 4.48. The molecule has 0 radical (unpaired) electrons. The first kappa shape index (κ1) is 22.2. The fourth-order valence-electron chi connectivity index (χ4n) is 4.45. The lowest BCUT2D eigenvalue weighted by Crippen LogP contribution is -2.39. The second-order valence-electron chi connectivity index (χ2n) is 8.62. The highest BCUT2D eigenvalue weighted by molar-refractivity contribution is 6.09. The van der Waals surface area contributed by atoms with Gasteiger partial charge >= 0.3 is 5.97 Å². The smallest absolute Gasteiger partial charge is 0.315 e. The molecule has 30 heavy (non-hydrogen) atoms. The van der Waals surface area contributed by atoms with Crippen molar-refractivity contribution < 1.29 is 23.8 Å². The number of hydrogen-bond acceptors (Lipinski definition) is 6. The standard InChI is InChI=1S/C24H31NO5/c1-6-29-11-12-30-23(27)20-15(2)25-17-13-24(3,4)14-18(26)22(17)21(20)16-9-7-8-10-19(16)28-5/h7-10,20-21H,6,11-14H2,1-5H3/t20?,21-/m0/s1. The maximum absolute atomic E-state index is 13.3.